The van der Waals surface area contributed by atoms with Gasteiger partial charge in [-0.25, -0.2) is 0 Å². The second kappa shape index (κ2) is 12.6. The predicted molar refractivity (Wildman–Crippen MR) is 153 cm³/mol. The summed E-state index contributed by atoms with van der Waals surface area (Å²) < 4.78 is 39.8. The Hall–Kier alpha value is -3.47. The second-order valence-electron chi connectivity index (χ2n) is 9.44. The molecule has 3 aromatic rings. The second-order valence-corrected chi connectivity index (χ2v) is 10.7. The smallest absolute Gasteiger partial charge is 0.369 e. The van der Waals surface area contributed by atoms with Crippen LogP contribution < -0.4 is 21.3 Å². The number of carbonyl (C=O) groups excluding carboxylic acids is 3. The van der Waals surface area contributed by atoms with Crippen LogP contribution in [-0.2, 0) is 14.4 Å². The van der Waals surface area contributed by atoms with Crippen LogP contribution in [0.1, 0.15) is 24.3 Å². The highest BCUT2D eigenvalue weighted by Gasteiger charge is 2.40. The Balaban J connectivity index is 1.71. The van der Waals surface area contributed by atoms with Crippen LogP contribution in [0, 0.1) is 5.92 Å². The number of primary amides is 1. The molecule has 2 unspecified atom stereocenters. The minimum atomic E-state index is -4.60. The van der Waals surface area contributed by atoms with E-state index >= 15 is 0 Å². The van der Waals surface area contributed by atoms with Gasteiger partial charge < -0.3 is 21.3 Å². The number of alkyl halides is 3. The zero-order chi connectivity index (χ0) is 29.9. The molecule has 41 heavy (non-hydrogen) atoms. The fraction of sp³-hybridized carbons (Fsp3) is 0.250. The number of fused-ring (bicyclic) bond motifs is 1. The standard InChI is InChI=1S/C28H24Cl3F3N4O3/c29-18-10-9-16(13-20(18)31)38-14-21(27(41)37-24-19(30)7-4-8-22(24)38)36-26(40)17(11-12-28(32,33)34)23(25(35)39)15-5-2-1-3-6-15/h1-10,13,17,21,23H,11-12,14H2,(H2,35,39)(H,36,40)(H,37,41)/t17?,21-,23?/m0/s1. The van der Waals surface area contributed by atoms with Crippen LogP contribution in [0.4, 0.5) is 30.2 Å². The average molecular weight is 628 g/mol. The molecule has 216 valence electrons. The van der Waals surface area contributed by atoms with Crippen LogP contribution in [0.15, 0.2) is 66.7 Å². The van der Waals surface area contributed by atoms with Crippen molar-refractivity contribution in [1.29, 1.82) is 0 Å². The SMILES string of the molecule is NC(=O)C(c1ccccc1)C(CCC(F)(F)F)C(=O)N[C@H]1CN(c2ccc(Cl)c(Cl)c2)c2cccc(Cl)c2NC1=O. The minimum Gasteiger partial charge on any atom is -0.369 e. The molecule has 0 aliphatic carbocycles. The summed E-state index contributed by atoms with van der Waals surface area (Å²) in [6.07, 6.45) is -6.66. The van der Waals surface area contributed by atoms with Gasteiger partial charge in [0.2, 0.25) is 17.7 Å². The Kier molecular flexibility index (Phi) is 9.36. The Bertz CT molecular complexity index is 1460. The number of amides is 3. The van der Waals surface area contributed by atoms with Crippen LogP contribution in [0.2, 0.25) is 15.1 Å². The molecule has 0 saturated heterocycles. The topological polar surface area (TPSA) is 105 Å². The highest BCUT2D eigenvalue weighted by molar-refractivity contribution is 6.42. The summed E-state index contributed by atoms with van der Waals surface area (Å²) >= 11 is 18.7. The quantitative estimate of drug-likeness (QED) is 0.267. The molecule has 7 nitrogen and oxygen atoms in total. The van der Waals surface area contributed by atoms with Crippen LogP contribution in [0.5, 0.6) is 0 Å². The number of anilines is 3. The molecule has 0 saturated carbocycles. The molecule has 0 bridgehead atoms. The number of para-hydroxylation sites is 1. The molecule has 3 atom stereocenters. The van der Waals surface area contributed by atoms with Gasteiger partial charge in [0.05, 0.1) is 44.8 Å². The van der Waals surface area contributed by atoms with Gasteiger partial charge >= 0.3 is 6.18 Å². The Labute approximate surface area is 248 Å². The van der Waals surface area contributed by atoms with Crippen molar-refractivity contribution < 1.29 is 27.6 Å². The molecule has 3 aromatic carbocycles. The van der Waals surface area contributed by atoms with Gasteiger partial charge in [0.25, 0.3) is 0 Å². The Morgan fingerprint density at radius 3 is 2.34 bits per heavy atom. The third-order valence-corrected chi connectivity index (χ3v) is 7.74. The lowest BCUT2D eigenvalue weighted by molar-refractivity contribution is -0.144. The lowest BCUT2D eigenvalue weighted by atomic mass is 9.81. The molecule has 1 aliphatic heterocycles. The zero-order valence-corrected chi connectivity index (χ0v) is 23.5. The first kappa shape index (κ1) is 30.5. The lowest BCUT2D eigenvalue weighted by Crippen LogP contribution is -2.51. The molecule has 4 rings (SSSR count). The van der Waals surface area contributed by atoms with Crippen LogP contribution in [0.3, 0.4) is 0 Å². The van der Waals surface area contributed by atoms with Crippen molar-refractivity contribution in [2.24, 2.45) is 11.7 Å². The van der Waals surface area contributed by atoms with Gasteiger partial charge in [-0.05, 0) is 42.3 Å². The summed E-state index contributed by atoms with van der Waals surface area (Å²) in [5, 5.41) is 6.00. The molecule has 1 aliphatic rings. The summed E-state index contributed by atoms with van der Waals surface area (Å²) in [4.78, 5) is 41.2. The summed E-state index contributed by atoms with van der Waals surface area (Å²) in [6, 6.07) is 16.3. The van der Waals surface area contributed by atoms with Crippen molar-refractivity contribution in [2.45, 2.75) is 31.0 Å². The van der Waals surface area contributed by atoms with E-state index in [1.807, 2.05) is 0 Å². The van der Waals surface area contributed by atoms with E-state index in [0.29, 0.717) is 16.4 Å². The van der Waals surface area contributed by atoms with E-state index in [1.165, 1.54) is 12.1 Å². The highest BCUT2D eigenvalue weighted by atomic mass is 35.5. The lowest BCUT2D eigenvalue weighted by Gasteiger charge is -2.29. The normalized spacial score (nSPS) is 16.7. The first-order valence-corrected chi connectivity index (χ1v) is 13.5. The number of hydrogen-bond acceptors (Lipinski definition) is 4. The number of carbonyl (C=O) groups is 3. The summed E-state index contributed by atoms with van der Waals surface area (Å²) in [7, 11) is 0. The summed E-state index contributed by atoms with van der Waals surface area (Å²) in [6.45, 7) is -0.151. The molecule has 3 amide bonds. The Morgan fingerprint density at radius 1 is 1.00 bits per heavy atom. The van der Waals surface area contributed by atoms with E-state index in [4.69, 9.17) is 40.5 Å². The molecule has 1 heterocycles. The van der Waals surface area contributed by atoms with Gasteiger partial charge in [-0.2, -0.15) is 13.2 Å². The van der Waals surface area contributed by atoms with Crippen molar-refractivity contribution in [3.8, 4) is 0 Å². The van der Waals surface area contributed by atoms with E-state index in [0.717, 1.165) is 0 Å². The van der Waals surface area contributed by atoms with Crippen molar-refractivity contribution in [1.82, 2.24) is 5.32 Å². The van der Waals surface area contributed by atoms with Gasteiger partial charge in [0, 0.05) is 12.1 Å². The zero-order valence-electron chi connectivity index (χ0n) is 21.2. The maximum absolute atomic E-state index is 13.6. The van der Waals surface area contributed by atoms with Gasteiger partial charge in [-0.3, -0.25) is 14.4 Å². The summed E-state index contributed by atoms with van der Waals surface area (Å²) in [5.41, 5.74) is 7.13. The number of rotatable bonds is 8. The maximum Gasteiger partial charge on any atom is 0.389 e. The largest absolute Gasteiger partial charge is 0.389 e. The third-order valence-electron chi connectivity index (χ3n) is 6.69. The molecule has 13 heteroatoms. The molecule has 4 N–H and O–H groups in total. The number of nitrogens with one attached hydrogen (secondary N) is 2. The monoisotopic (exact) mass is 626 g/mol. The van der Waals surface area contributed by atoms with E-state index < -0.39 is 54.6 Å². The summed E-state index contributed by atoms with van der Waals surface area (Å²) in [5.74, 6) is -5.46. The van der Waals surface area contributed by atoms with E-state index in [2.05, 4.69) is 10.6 Å². The van der Waals surface area contributed by atoms with E-state index in [-0.39, 0.29) is 27.8 Å². The number of halogens is 6. The molecule has 0 fully saturated rings. The van der Waals surface area contributed by atoms with Crippen molar-refractivity contribution >= 4 is 69.6 Å². The van der Waals surface area contributed by atoms with Gasteiger partial charge in [-0.15, -0.1) is 0 Å². The fourth-order valence-corrected chi connectivity index (χ4v) is 5.26. The fourth-order valence-electron chi connectivity index (χ4n) is 4.75. The van der Waals surface area contributed by atoms with Crippen molar-refractivity contribution in [2.75, 3.05) is 16.8 Å². The first-order valence-electron chi connectivity index (χ1n) is 12.4. The number of benzene rings is 3. The van der Waals surface area contributed by atoms with E-state index in [9.17, 15) is 27.6 Å². The van der Waals surface area contributed by atoms with Crippen LogP contribution in [-0.4, -0.2) is 36.5 Å². The molecular formula is C28H24Cl3F3N4O3. The van der Waals surface area contributed by atoms with Gasteiger partial charge in [-0.1, -0.05) is 71.2 Å². The minimum absolute atomic E-state index is 0.151. The van der Waals surface area contributed by atoms with Crippen LogP contribution >= 0.6 is 34.8 Å². The Morgan fingerprint density at radius 2 is 1.71 bits per heavy atom. The van der Waals surface area contributed by atoms with Crippen LogP contribution in [0.25, 0.3) is 0 Å². The number of hydrogen-bond donors (Lipinski definition) is 3. The van der Waals surface area contributed by atoms with Crippen molar-refractivity contribution in [3.05, 3.63) is 87.4 Å². The molecule has 0 aromatic heterocycles. The maximum atomic E-state index is 13.6. The highest BCUT2D eigenvalue weighted by Crippen LogP contribution is 2.40. The van der Waals surface area contributed by atoms with E-state index in [1.54, 1.807) is 59.5 Å². The molecular weight excluding hydrogens is 604 g/mol. The first-order chi connectivity index (χ1) is 19.4. The van der Waals surface area contributed by atoms with Crippen molar-refractivity contribution in [3.63, 3.8) is 0 Å². The third kappa shape index (κ3) is 7.25. The molecule has 0 spiro atoms. The van der Waals surface area contributed by atoms with Gasteiger partial charge in [0.1, 0.15) is 6.04 Å². The average Bonchev–Trinajstić information content (AvgIpc) is 3.05. The van der Waals surface area contributed by atoms with Gasteiger partial charge in [0.15, 0.2) is 0 Å². The number of nitrogens with zero attached hydrogens (tertiary/aromatic N) is 1. The number of nitrogens with two attached hydrogens (primary N) is 1. The molecule has 0 radical (unpaired) electrons. The predicted octanol–water partition coefficient (Wildman–Crippen LogP) is 6.45.